The van der Waals surface area contributed by atoms with Crippen molar-refractivity contribution in [1.82, 2.24) is 15.5 Å². The number of hydrogen-bond donors (Lipinski definition) is 2. The Labute approximate surface area is 108 Å². The van der Waals surface area contributed by atoms with E-state index in [4.69, 9.17) is 0 Å². The van der Waals surface area contributed by atoms with Crippen LogP contribution in [0.4, 0.5) is 4.79 Å². The molecule has 2 aliphatic rings. The first-order chi connectivity index (χ1) is 8.70. The molecule has 2 saturated heterocycles. The molecule has 2 unspecified atom stereocenters. The number of carbonyl (C=O) groups is 2. The number of nitrogens with zero attached hydrogens (tertiary/aromatic N) is 1. The van der Waals surface area contributed by atoms with Gasteiger partial charge >= 0.3 is 6.03 Å². The number of hydrogen-bond acceptors (Lipinski definition) is 2. The molecule has 2 rings (SSSR count). The number of urea groups is 1. The number of unbranched alkanes of at least 4 members (excludes halogenated alkanes) is 1. The molecule has 0 bridgehead atoms. The first-order valence-corrected chi connectivity index (χ1v) is 7.03. The van der Waals surface area contributed by atoms with Crippen LogP contribution in [0.5, 0.6) is 0 Å². The Morgan fingerprint density at radius 2 is 2.33 bits per heavy atom. The summed E-state index contributed by atoms with van der Waals surface area (Å²) in [5.74, 6) is 0.602. The van der Waals surface area contributed by atoms with Gasteiger partial charge < -0.3 is 15.5 Å². The summed E-state index contributed by atoms with van der Waals surface area (Å²) >= 11 is 0. The van der Waals surface area contributed by atoms with E-state index in [9.17, 15) is 9.59 Å². The SMILES string of the molecule is CCCCNC(=O)N1CCC2NC(=O)CCC2C1. The molecule has 5 nitrogen and oxygen atoms in total. The summed E-state index contributed by atoms with van der Waals surface area (Å²) in [6.07, 6.45) is 4.53. The molecular formula is C13H23N3O2. The zero-order valence-electron chi connectivity index (χ0n) is 11.1. The molecule has 0 aliphatic carbocycles. The molecule has 2 heterocycles. The highest BCUT2D eigenvalue weighted by molar-refractivity contribution is 5.77. The normalized spacial score (nSPS) is 27.4. The monoisotopic (exact) mass is 253 g/mol. The van der Waals surface area contributed by atoms with Crippen molar-refractivity contribution >= 4 is 11.9 Å². The predicted octanol–water partition coefficient (Wildman–Crippen LogP) is 1.10. The van der Waals surface area contributed by atoms with Crippen LogP contribution in [0.3, 0.4) is 0 Å². The molecule has 18 heavy (non-hydrogen) atoms. The highest BCUT2D eigenvalue weighted by Gasteiger charge is 2.35. The van der Waals surface area contributed by atoms with Crippen molar-refractivity contribution in [2.24, 2.45) is 5.92 Å². The van der Waals surface area contributed by atoms with E-state index in [0.717, 1.165) is 45.3 Å². The van der Waals surface area contributed by atoms with Crippen molar-refractivity contribution < 1.29 is 9.59 Å². The maximum atomic E-state index is 11.9. The fourth-order valence-electron chi connectivity index (χ4n) is 2.78. The number of amides is 3. The molecule has 2 atom stereocenters. The van der Waals surface area contributed by atoms with Crippen LogP contribution in [0.2, 0.25) is 0 Å². The molecule has 0 radical (unpaired) electrons. The minimum Gasteiger partial charge on any atom is -0.353 e. The quantitative estimate of drug-likeness (QED) is 0.740. The lowest BCUT2D eigenvalue weighted by Crippen LogP contribution is -2.56. The van der Waals surface area contributed by atoms with Gasteiger partial charge in [-0.2, -0.15) is 0 Å². The van der Waals surface area contributed by atoms with Gasteiger partial charge in [0, 0.05) is 32.1 Å². The minimum atomic E-state index is 0.0544. The second-order valence-electron chi connectivity index (χ2n) is 5.29. The highest BCUT2D eigenvalue weighted by Crippen LogP contribution is 2.25. The molecule has 2 fully saturated rings. The zero-order chi connectivity index (χ0) is 13.0. The Morgan fingerprint density at radius 3 is 3.11 bits per heavy atom. The Kier molecular flexibility index (Phi) is 4.44. The smallest absolute Gasteiger partial charge is 0.317 e. The van der Waals surface area contributed by atoms with Gasteiger partial charge in [0.2, 0.25) is 5.91 Å². The molecule has 0 aromatic rings. The fraction of sp³-hybridized carbons (Fsp3) is 0.846. The van der Waals surface area contributed by atoms with Crippen LogP contribution >= 0.6 is 0 Å². The van der Waals surface area contributed by atoms with Gasteiger partial charge in [-0.15, -0.1) is 0 Å². The first-order valence-electron chi connectivity index (χ1n) is 7.03. The van der Waals surface area contributed by atoms with E-state index < -0.39 is 0 Å². The Hall–Kier alpha value is -1.26. The number of rotatable bonds is 3. The topological polar surface area (TPSA) is 61.4 Å². The summed E-state index contributed by atoms with van der Waals surface area (Å²) in [4.78, 5) is 25.1. The van der Waals surface area contributed by atoms with Gasteiger partial charge in [0.15, 0.2) is 0 Å². The number of piperidine rings is 2. The summed E-state index contributed by atoms with van der Waals surface area (Å²) < 4.78 is 0. The van der Waals surface area contributed by atoms with Crippen LogP contribution < -0.4 is 10.6 Å². The van der Waals surface area contributed by atoms with Crippen molar-refractivity contribution in [3.05, 3.63) is 0 Å². The van der Waals surface area contributed by atoms with E-state index in [1.807, 2.05) is 4.90 Å². The van der Waals surface area contributed by atoms with Gasteiger partial charge in [-0.05, 0) is 25.2 Å². The number of nitrogens with one attached hydrogen (secondary N) is 2. The lowest BCUT2D eigenvalue weighted by atomic mass is 9.85. The average Bonchev–Trinajstić information content (AvgIpc) is 2.38. The molecular weight excluding hydrogens is 230 g/mol. The number of fused-ring (bicyclic) bond motifs is 1. The fourth-order valence-corrected chi connectivity index (χ4v) is 2.78. The minimum absolute atomic E-state index is 0.0544. The Bertz CT molecular complexity index is 319. The molecule has 0 saturated carbocycles. The molecule has 2 N–H and O–H groups in total. The van der Waals surface area contributed by atoms with Crippen LogP contribution in [0.15, 0.2) is 0 Å². The molecule has 3 amide bonds. The van der Waals surface area contributed by atoms with Gasteiger partial charge in [-0.3, -0.25) is 4.79 Å². The summed E-state index contributed by atoms with van der Waals surface area (Å²) in [6, 6.07) is 0.338. The third kappa shape index (κ3) is 3.15. The van der Waals surface area contributed by atoms with Crippen molar-refractivity contribution in [1.29, 1.82) is 0 Å². The van der Waals surface area contributed by atoms with Gasteiger partial charge in [-0.25, -0.2) is 4.79 Å². The summed E-state index contributed by atoms with van der Waals surface area (Å²) in [6.45, 7) is 4.40. The Morgan fingerprint density at radius 1 is 1.50 bits per heavy atom. The summed E-state index contributed by atoms with van der Waals surface area (Å²) in [5, 5.41) is 5.99. The van der Waals surface area contributed by atoms with E-state index in [1.165, 1.54) is 0 Å². The highest BCUT2D eigenvalue weighted by atomic mass is 16.2. The van der Waals surface area contributed by atoms with E-state index in [0.29, 0.717) is 12.3 Å². The van der Waals surface area contributed by atoms with E-state index in [2.05, 4.69) is 17.6 Å². The van der Waals surface area contributed by atoms with Crippen molar-refractivity contribution in [2.45, 2.75) is 45.1 Å². The third-order valence-corrected chi connectivity index (χ3v) is 3.92. The second-order valence-corrected chi connectivity index (χ2v) is 5.29. The van der Waals surface area contributed by atoms with Gasteiger partial charge in [0.05, 0.1) is 0 Å². The maximum Gasteiger partial charge on any atom is 0.317 e. The number of likely N-dealkylation sites (tertiary alicyclic amines) is 1. The van der Waals surface area contributed by atoms with Crippen molar-refractivity contribution in [2.75, 3.05) is 19.6 Å². The lowest BCUT2D eigenvalue weighted by Gasteiger charge is -2.41. The van der Waals surface area contributed by atoms with Crippen LogP contribution in [0, 0.1) is 5.92 Å². The van der Waals surface area contributed by atoms with E-state index in [1.54, 1.807) is 0 Å². The van der Waals surface area contributed by atoms with Crippen molar-refractivity contribution in [3.8, 4) is 0 Å². The van der Waals surface area contributed by atoms with E-state index in [-0.39, 0.29) is 18.0 Å². The van der Waals surface area contributed by atoms with Crippen LogP contribution in [0.1, 0.15) is 39.0 Å². The maximum absolute atomic E-state index is 11.9. The predicted molar refractivity (Wildman–Crippen MR) is 69.2 cm³/mol. The summed E-state index contributed by atoms with van der Waals surface area (Å²) in [7, 11) is 0. The first kappa shape index (κ1) is 13.2. The lowest BCUT2D eigenvalue weighted by molar-refractivity contribution is -0.125. The molecule has 0 aromatic carbocycles. The zero-order valence-corrected chi connectivity index (χ0v) is 11.1. The molecule has 102 valence electrons. The van der Waals surface area contributed by atoms with Crippen LogP contribution in [-0.2, 0) is 4.79 Å². The van der Waals surface area contributed by atoms with Gasteiger partial charge in [-0.1, -0.05) is 13.3 Å². The summed E-state index contributed by atoms with van der Waals surface area (Å²) in [5.41, 5.74) is 0. The molecule has 5 heteroatoms. The van der Waals surface area contributed by atoms with Gasteiger partial charge in [0.25, 0.3) is 0 Å². The molecule has 2 aliphatic heterocycles. The van der Waals surface area contributed by atoms with Crippen molar-refractivity contribution in [3.63, 3.8) is 0 Å². The second kappa shape index (κ2) is 6.07. The largest absolute Gasteiger partial charge is 0.353 e. The van der Waals surface area contributed by atoms with Crippen LogP contribution in [-0.4, -0.2) is 42.5 Å². The molecule has 0 spiro atoms. The number of carbonyl (C=O) groups excluding carboxylic acids is 2. The van der Waals surface area contributed by atoms with Crippen LogP contribution in [0.25, 0.3) is 0 Å². The average molecular weight is 253 g/mol. The molecule has 0 aromatic heterocycles. The third-order valence-electron chi connectivity index (χ3n) is 3.92. The van der Waals surface area contributed by atoms with E-state index >= 15 is 0 Å². The van der Waals surface area contributed by atoms with Gasteiger partial charge in [0.1, 0.15) is 0 Å². The standard InChI is InChI=1S/C13H23N3O2/c1-2-3-7-14-13(18)16-8-6-11-10(9-16)4-5-12(17)15-11/h10-11H,2-9H2,1H3,(H,14,18)(H,15,17). The Balaban J connectivity index is 1.79.